The van der Waals surface area contributed by atoms with E-state index >= 15 is 0 Å². The van der Waals surface area contributed by atoms with Crippen molar-refractivity contribution in [3.05, 3.63) is 58.7 Å². The number of hydrogen-bond donors (Lipinski definition) is 1. The van der Waals surface area contributed by atoms with Gasteiger partial charge in [0, 0.05) is 25.2 Å². The summed E-state index contributed by atoms with van der Waals surface area (Å²) in [6, 6.07) is 7.19. The fraction of sp³-hybridized carbons (Fsp3) is 0.333. The average Bonchev–Trinajstić information content (AvgIpc) is 2.97. The predicted molar refractivity (Wildman–Crippen MR) is 93.2 cm³/mol. The van der Waals surface area contributed by atoms with Crippen LogP contribution in [0.1, 0.15) is 17.9 Å². The molecule has 2 aromatic heterocycles. The van der Waals surface area contributed by atoms with E-state index in [1.165, 1.54) is 10.9 Å². The summed E-state index contributed by atoms with van der Waals surface area (Å²) in [5, 5.41) is 3.54. The Kier molecular flexibility index (Phi) is 3.83. The van der Waals surface area contributed by atoms with Crippen LogP contribution >= 0.6 is 0 Å². The molecule has 25 heavy (non-hydrogen) atoms. The number of aromatic nitrogens is 4. The molecule has 7 heteroatoms. The number of aryl methyl sites for hydroxylation is 2. The average molecular weight is 337 g/mol. The number of carbonyl (C=O) groups excluding carboxylic acids is 1. The van der Waals surface area contributed by atoms with Crippen LogP contribution in [0.25, 0.3) is 10.9 Å². The van der Waals surface area contributed by atoms with Crippen LogP contribution in [0, 0.1) is 6.92 Å². The zero-order valence-electron chi connectivity index (χ0n) is 14.0. The highest BCUT2D eigenvalue weighted by molar-refractivity contribution is 5.79. The van der Waals surface area contributed by atoms with Crippen molar-refractivity contribution in [3.63, 3.8) is 0 Å². The molecule has 3 heterocycles. The number of rotatable bonds is 3. The van der Waals surface area contributed by atoms with Crippen molar-refractivity contribution in [2.75, 3.05) is 0 Å². The Bertz CT molecular complexity index is 1000. The summed E-state index contributed by atoms with van der Waals surface area (Å²) in [5.74, 6) is 0.891. The fourth-order valence-corrected chi connectivity index (χ4v) is 3.35. The van der Waals surface area contributed by atoms with E-state index in [-0.39, 0.29) is 24.1 Å². The van der Waals surface area contributed by atoms with Crippen LogP contribution in [0.3, 0.4) is 0 Å². The maximum atomic E-state index is 12.5. The molecule has 1 unspecified atom stereocenters. The number of benzene rings is 1. The Morgan fingerprint density at radius 3 is 3.08 bits per heavy atom. The van der Waals surface area contributed by atoms with Gasteiger partial charge in [-0.1, -0.05) is 12.1 Å². The molecule has 0 bridgehead atoms. The molecule has 1 N–H and O–H groups in total. The maximum absolute atomic E-state index is 12.5. The number of fused-ring (bicyclic) bond motifs is 2. The molecule has 0 saturated carbocycles. The minimum Gasteiger partial charge on any atom is -0.350 e. The van der Waals surface area contributed by atoms with Crippen molar-refractivity contribution in [1.82, 2.24) is 24.4 Å². The number of imidazole rings is 1. The van der Waals surface area contributed by atoms with E-state index in [9.17, 15) is 9.59 Å². The molecule has 0 saturated heterocycles. The van der Waals surface area contributed by atoms with Crippen molar-refractivity contribution in [2.24, 2.45) is 0 Å². The van der Waals surface area contributed by atoms with Gasteiger partial charge in [0.25, 0.3) is 5.56 Å². The normalized spacial score (nSPS) is 16.6. The Morgan fingerprint density at radius 2 is 2.20 bits per heavy atom. The molecular weight excluding hydrogens is 318 g/mol. The van der Waals surface area contributed by atoms with E-state index in [0.717, 1.165) is 24.4 Å². The van der Waals surface area contributed by atoms with E-state index < -0.39 is 0 Å². The highest BCUT2D eigenvalue weighted by Gasteiger charge is 2.21. The molecule has 7 nitrogen and oxygen atoms in total. The molecule has 1 aliphatic heterocycles. The molecule has 4 rings (SSSR count). The van der Waals surface area contributed by atoms with Gasteiger partial charge in [0.1, 0.15) is 12.4 Å². The first-order valence-corrected chi connectivity index (χ1v) is 8.36. The summed E-state index contributed by atoms with van der Waals surface area (Å²) in [4.78, 5) is 33.5. The quantitative estimate of drug-likeness (QED) is 0.774. The summed E-state index contributed by atoms with van der Waals surface area (Å²) in [5.41, 5.74) is 1.44. The molecule has 0 fully saturated rings. The molecule has 1 aromatic carbocycles. The van der Waals surface area contributed by atoms with Gasteiger partial charge in [0.15, 0.2) is 0 Å². The second-order valence-electron chi connectivity index (χ2n) is 6.45. The SMILES string of the molecule is Cc1cn2c(n1)CCC(NC(=O)Cn1cnc3ccccc3c1=O)C2. The number of nitrogens with one attached hydrogen (secondary N) is 1. The van der Waals surface area contributed by atoms with Crippen LogP contribution in [0.2, 0.25) is 0 Å². The topological polar surface area (TPSA) is 81.8 Å². The molecule has 0 spiro atoms. The Balaban J connectivity index is 1.46. The van der Waals surface area contributed by atoms with Gasteiger partial charge < -0.3 is 9.88 Å². The molecule has 1 aliphatic rings. The van der Waals surface area contributed by atoms with Crippen LogP contribution < -0.4 is 10.9 Å². The zero-order valence-corrected chi connectivity index (χ0v) is 14.0. The van der Waals surface area contributed by atoms with Crippen LogP contribution in [0.5, 0.6) is 0 Å². The van der Waals surface area contributed by atoms with Gasteiger partial charge in [-0.3, -0.25) is 14.2 Å². The number of carbonyl (C=O) groups is 1. The molecule has 0 aliphatic carbocycles. The lowest BCUT2D eigenvalue weighted by Gasteiger charge is -2.24. The highest BCUT2D eigenvalue weighted by atomic mass is 16.2. The van der Waals surface area contributed by atoms with E-state index in [0.29, 0.717) is 17.4 Å². The fourth-order valence-electron chi connectivity index (χ4n) is 3.35. The first-order chi connectivity index (χ1) is 12.1. The Hall–Kier alpha value is -2.96. The lowest BCUT2D eigenvalue weighted by atomic mass is 10.1. The van der Waals surface area contributed by atoms with Crippen LogP contribution in [0.4, 0.5) is 0 Å². The standard InChI is InChI=1S/C18H19N5O2/c1-12-8-22-9-13(6-7-16(22)20-12)21-17(24)10-23-11-19-15-5-3-2-4-14(15)18(23)25/h2-5,8,11,13H,6-7,9-10H2,1H3,(H,21,24). The van der Waals surface area contributed by atoms with E-state index in [1.807, 2.05) is 19.2 Å². The molecule has 128 valence electrons. The van der Waals surface area contributed by atoms with Crippen molar-refractivity contribution < 1.29 is 4.79 Å². The molecular formula is C18H19N5O2. The summed E-state index contributed by atoms with van der Waals surface area (Å²) in [7, 11) is 0. The van der Waals surface area contributed by atoms with E-state index in [2.05, 4.69) is 19.9 Å². The van der Waals surface area contributed by atoms with Crippen molar-refractivity contribution in [1.29, 1.82) is 0 Å². The minimum absolute atomic E-state index is 0.0248. The Labute approximate surface area is 144 Å². The lowest BCUT2D eigenvalue weighted by Crippen LogP contribution is -2.43. The zero-order chi connectivity index (χ0) is 17.4. The third-order valence-corrected chi connectivity index (χ3v) is 4.52. The number of nitrogens with zero attached hydrogens (tertiary/aromatic N) is 4. The highest BCUT2D eigenvalue weighted by Crippen LogP contribution is 2.15. The minimum atomic E-state index is -0.197. The third kappa shape index (κ3) is 3.05. The van der Waals surface area contributed by atoms with E-state index in [4.69, 9.17) is 0 Å². The Morgan fingerprint density at radius 1 is 1.36 bits per heavy atom. The smallest absolute Gasteiger partial charge is 0.261 e. The number of para-hydroxylation sites is 1. The van der Waals surface area contributed by atoms with Gasteiger partial charge in [-0.25, -0.2) is 9.97 Å². The van der Waals surface area contributed by atoms with Gasteiger partial charge in [0.05, 0.1) is 22.9 Å². The van der Waals surface area contributed by atoms with E-state index in [1.54, 1.807) is 18.2 Å². The second kappa shape index (κ2) is 6.16. The predicted octanol–water partition coefficient (Wildman–Crippen LogP) is 1.03. The molecule has 1 amide bonds. The molecule has 1 atom stereocenters. The summed E-state index contributed by atoms with van der Waals surface area (Å²) < 4.78 is 3.45. The first-order valence-electron chi connectivity index (χ1n) is 8.36. The van der Waals surface area contributed by atoms with Crippen molar-refractivity contribution in [2.45, 2.75) is 38.9 Å². The van der Waals surface area contributed by atoms with Crippen molar-refractivity contribution >= 4 is 16.8 Å². The maximum Gasteiger partial charge on any atom is 0.261 e. The molecule has 0 radical (unpaired) electrons. The first kappa shape index (κ1) is 15.6. The number of hydrogen-bond acceptors (Lipinski definition) is 4. The lowest BCUT2D eigenvalue weighted by molar-refractivity contribution is -0.122. The van der Waals surface area contributed by atoms with Crippen LogP contribution in [-0.4, -0.2) is 31.1 Å². The summed E-state index contributed by atoms with van der Waals surface area (Å²) in [6.45, 7) is 2.66. The monoisotopic (exact) mass is 337 g/mol. The second-order valence-corrected chi connectivity index (χ2v) is 6.45. The van der Waals surface area contributed by atoms with Gasteiger partial charge in [0.2, 0.25) is 5.91 Å². The summed E-state index contributed by atoms with van der Waals surface area (Å²) >= 11 is 0. The van der Waals surface area contributed by atoms with Crippen LogP contribution in [-0.2, 0) is 24.3 Å². The van der Waals surface area contributed by atoms with Crippen LogP contribution in [0.15, 0.2) is 41.6 Å². The van der Waals surface area contributed by atoms with Gasteiger partial charge in [-0.2, -0.15) is 0 Å². The molecule has 3 aromatic rings. The largest absolute Gasteiger partial charge is 0.350 e. The van der Waals surface area contributed by atoms with Gasteiger partial charge in [-0.15, -0.1) is 0 Å². The van der Waals surface area contributed by atoms with Gasteiger partial charge >= 0.3 is 0 Å². The van der Waals surface area contributed by atoms with Gasteiger partial charge in [-0.05, 0) is 25.5 Å². The summed E-state index contributed by atoms with van der Waals surface area (Å²) in [6.07, 6.45) is 5.14. The number of amides is 1. The van der Waals surface area contributed by atoms with Crippen molar-refractivity contribution in [3.8, 4) is 0 Å². The third-order valence-electron chi connectivity index (χ3n) is 4.52.